The van der Waals surface area contributed by atoms with Crippen LogP contribution < -0.4 is 0 Å². The van der Waals surface area contributed by atoms with Gasteiger partial charge in [0.15, 0.2) is 6.29 Å². The van der Waals surface area contributed by atoms with Crippen molar-refractivity contribution in [2.75, 3.05) is 26.8 Å². The molecule has 2 rings (SSSR count). The lowest BCUT2D eigenvalue weighted by Crippen LogP contribution is -2.52. The number of piperidine rings is 1. The van der Waals surface area contributed by atoms with Crippen molar-refractivity contribution in [1.29, 1.82) is 0 Å². The Morgan fingerprint density at radius 1 is 1.32 bits per heavy atom. The van der Waals surface area contributed by atoms with E-state index in [1.54, 1.807) is 6.92 Å². The van der Waals surface area contributed by atoms with Crippen LogP contribution in [0.15, 0.2) is 30.3 Å². The van der Waals surface area contributed by atoms with Gasteiger partial charge < -0.3 is 14.6 Å². The summed E-state index contributed by atoms with van der Waals surface area (Å²) >= 11 is 0. The Labute approximate surface area is 131 Å². The fourth-order valence-corrected chi connectivity index (χ4v) is 3.00. The predicted molar refractivity (Wildman–Crippen MR) is 83.0 cm³/mol. The number of aliphatic hydroxyl groups is 1. The van der Waals surface area contributed by atoms with E-state index in [-0.39, 0.29) is 5.97 Å². The molecule has 0 spiro atoms. The standard InChI is InChI=1S/C17H25NO4/c1-3-22-16(20)17(15(19)21-2)9-11-18(12-10-17)13-14-7-5-4-6-8-14/h4-8,15,19H,3,9-13H2,1-2H3. The van der Waals surface area contributed by atoms with E-state index in [0.717, 1.165) is 19.6 Å². The summed E-state index contributed by atoms with van der Waals surface area (Å²) in [7, 11) is 1.42. The molecule has 1 saturated heterocycles. The van der Waals surface area contributed by atoms with Gasteiger partial charge in [0.05, 0.1) is 6.61 Å². The van der Waals surface area contributed by atoms with E-state index in [1.807, 2.05) is 18.2 Å². The highest BCUT2D eigenvalue weighted by atomic mass is 16.6. The minimum absolute atomic E-state index is 0.310. The van der Waals surface area contributed by atoms with E-state index in [2.05, 4.69) is 17.0 Å². The van der Waals surface area contributed by atoms with Gasteiger partial charge in [-0.2, -0.15) is 0 Å². The minimum Gasteiger partial charge on any atom is -0.465 e. The lowest BCUT2D eigenvalue weighted by Gasteiger charge is -2.41. The summed E-state index contributed by atoms with van der Waals surface area (Å²) in [5.74, 6) is -0.358. The van der Waals surface area contributed by atoms with Crippen molar-refractivity contribution in [2.24, 2.45) is 5.41 Å². The number of nitrogens with zero attached hydrogens (tertiary/aromatic N) is 1. The van der Waals surface area contributed by atoms with Crippen molar-refractivity contribution in [1.82, 2.24) is 4.90 Å². The van der Waals surface area contributed by atoms with E-state index in [9.17, 15) is 9.90 Å². The summed E-state index contributed by atoms with van der Waals surface area (Å²) < 4.78 is 10.2. The quantitative estimate of drug-likeness (QED) is 0.641. The van der Waals surface area contributed by atoms with Gasteiger partial charge in [0.1, 0.15) is 5.41 Å². The number of carbonyl (C=O) groups excluding carboxylic acids is 1. The Kier molecular flexibility index (Phi) is 5.94. The van der Waals surface area contributed by atoms with Gasteiger partial charge in [-0.15, -0.1) is 0 Å². The fourth-order valence-electron chi connectivity index (χ4n) is 3.00. The lowest BCUT2D eigenvalue weighted by atomic mass is 9.77. The van der Waals surface area contributed by atoms with Gasteiger partial charge in [0.25, 0.3) is 0 Å². The molecule has 0 aliphatic carbocycles. The Morgan fingerprint density at radius 3 is 2.50 bits per heavy atom. The van der Waals surface area contributed by atoms with Crippen molar-refractivity contribution >= 4 is 5.97 Å². The van der Waals surface area contributed by atoms with Crippen LogP contribution in [0, 0.1) is 5.41 Å². The van der Waals surface area contributed by atoms with Gasteiger partial charge in [0.2, 0.25) is 0 Å². The first-order valence-corrected chi connectivity index (χ1v) is 7.76. The summed E-state index contributed by atoms with van der Waals surface area (Å²) in [5.41, 5.74) is 0.302. The molecule has 1 aliphatic rings. The van der Waals surface area contributed by atoms with Gasteiger partial charge in [-0.05, 0) is 38.4 Å². The van der Waals surface area contributed by atoms with Crippen LogP contribution in [0.3, 0.4) is 0 Å². The third-order valence-electron chi connectivity index (χ3n) is 4.38. The van der Waals surface area contributed by atoms with Gasteiger partial charge in [-0.1, -0.05) is 30.3 Å². The molecular weight excluding hydrogens is 282 g/mol. The first-order valence-electron chi connectivity index (χ1n) is 7.76. The van der Waals surface area contributed by atoms with Crippen LogP contribution in [0.5, 0.6) is 0 Å². The van der Waals surface area contributed by atoms with Crippen molar-refractivity contribution in [3.05, 3.63) is 35.9 Å². The number of methoxy groups -OCH3 is 1. The zero-order valence-corrected chi connectivity index (χ0v) is 13.3. The van der Waals surface area contributed by atoms with Crippen LogP contribution in [0.25, 0.3) is 0 Å². The van der Waals surface area contributed by atoms with Crippen molar-refractivity contribution in [3.63, 3.8) is 0 Å². The normalized spacial score (nSPS) is 19.6. The highest BCUT2D eigenvalue weighted by Crippen LogP contribution is 2.37. The summed E-state index contributed by atoms with van der Waals surface area (Å²) in [6, 6.07) is 10.2. The van der Waals surface area contributed by atoms with Gasteiger partial charge in [0, 0.05) is 13.7 Å². The molecule has 122 valence electrons. The molecular formula is C17H25NO4. The second-order valence-electron chi connectivity index (χ2n) is 5.73. The number of rotatable bonds is 6. The monoisotopic (exact) mass is 307 g/mol. The number of carbonyl (C=O) groups is 1. The Balaban J connectivity index is 2.01. The van der Waals surface area contributed by atoms with E-state index in [1.165, 1.54) is 12.7 Å². The highest BCUT2D eigenvalue weighted by Gasteiger charge is 2.49. The summed E-state index contributed by atoms with van der Waals surface area (Å²) in [5, 5.41) is 10.2. The maximum absolute atomic E-state index is 12.3. The summed E-state index contributed by atoms with van der Waals surface area (Å²) in [6.45, 7) is 4.39. The maximum Gasteiger partial charge on any atom is 0.317 e. The molecule has 0 bridgehead atoms. The van der Waals surface area contributed by atoms with Crippen LogP contribution in [0.4, 0.5) is 0 Å². The number of hydrogen-bond acceptors (Lipinski definition) is 5. The van der Waals surface area contributed by atoms with Gasteiger partial charge >= 0.3 is 5.97 Å². The Morgan fingerprint density at radius 2 is 1.95 bits per heavy atom. The van der Waals surface area contributed by atoms with Crippen LogP contribution in [-0.4, -0.2) is 49.1 Å². The van der Waals surface area contributed by atoms with Crippen LogP contribution in [-0.2, 0) is 20.8 Å². The van der Waals surface area contributed by atoms with E-state index in [4.69, 9.17) is 9.47 Å². The molecule has 1 aromatic rings. The molecule has 0 aromatic heterocycles. The number of hydrogen-bond donors (Lipinski definition) is 1. The average Bonchev–Trinajstić information content (AvgIpc) is 2.56. The molecule has 1 aliphatic heterocycles. The van der Waals surface area contributed by atoms with E-state index in [0.29, 0.717) is 19.4 Å². The second-order valence-corrected chi connectivity index (χ2v) is 5.73. The molecule has 1 fully saturated rings. The third-order valence-corrected chi connectivity index (χ3v) is 4.38. The van der Waals surface area contributed by atoms with Crippen molar-refractivity contribution in [3.8, 4) is 0 Å². The molecule has 22 heavy (non-hydrogen) atoms. The number of ether oxygens (including phenoxy) is 2. The third kappa shape index (κ3) is 3.66. The van der Waals surface area contributed by atoms with Crippen LogP contribution in [0.2, 0.25) is 0 Å². The Hall–Kier alpha value is -1.43. The SMILES string of the molecule is CCOC(=O)C1(C(O)OC)CCN(Cc2ccccc2)CC1. The maximum atomic E-state index is 12.3. The molecule has 0 amide bonds. The zero-order chi connectivity index (χ0) is 16.0. The van der Waals surface area contributed by atoms with Crippen LogP contribution >= 0.6 is 0 Å². The molecule has 1 unspecified atom stereocenters. The molecule has 1 aromatic carbocycles. The minimum atomic E-state index is -1.12. The molecule has 5 nitrogen and oxygen atoms in total. The fraction of sp³-hybridized carbons (Fsp3) is 0.588. The average molecular weight is 307 g/mol. The molecule has 0 radical (unpaired) electrons. The number of aliphatic hydroxyl groups excluding tert-OH is 1. The predicted octanol–water partition coefficient (Wildman–Crippen LogP) is 1.80. The first-order chi connectivity index (χ1) is 10.6. The summed E-state index contributed by atoms with van der Waals surface area (Å²) in [4.78, 5) is 14.6. The molecule has 1 atom stereocenters. The second kappa shape index (κ2) is 7.72. The van der Waals surface area contributed by atoms with Crippen LogP contribution in [0.1, 0.15) is 25.3 Å². The largest absolute Gasteiger partial charge is 0.465 e. The topological polar surface area (TPSA) is 59.0 Å². The summed E-state index contributed by atoms with van der Waals surface area (Å²) in [6.07, 6.45) is -0.0492. The molecule has 1 heterocycles. The van der Waals surface area contributed by atoms with E-state index < -0.39 is 11.7 Å². The zero-order valence-electron chi connectivity index (χ0n) is 13.3. The smallest absolute Gasteiger partial charge is 0.317 e. The highest BCUT2D eigenvalue weighted by molar-refractivity contribution is 5.77. The van der Waals surface area contributed by atoms with Gasteiger partial charge in [-0.25, -0.2) is 0 Å². The van der Waals surface area contributed by atoms with Crippen molar-refractivity contribution < 1.29 is 19.4 Å². The molecule has 0 saturated carbocycles. The molecule has 5 heteroatoms. The number of likely N-dealkylation sites (tertiary alicyclic amines) is 1. The Bertz CT molecular complexity index is 469. The van der Waals surface area contributed by atoms with Gasteiger partial charge in [-0.3, -0.25) is 9.69 Å². The lowest BCUT2D eigenvalue weighted by molar-refractivity contribution is -0.203. The number of benzene rings is 1. The first kappa shape index (κ1) is 16.9. The molecule has 1 N–H and O–H groups in total. The van der Waals surface area contributed by atoms with Crippen molar-refractivity contribution in [2.45, 2.75) is 32.6 Å². The van der Waals surface area contributed by atoms with E-state index >= 15 is 0 Å². The number of esters is 1.